The van der Waals surface area contributed by atoms with E-state index in [-0.39, 0.29) is 18.3 Å². The van der Waals surface area contributed by atoms with Gasteiger partial charge in [-0.1, -0.05) is 47.7 Å². The van der Waals surface area contributed by atoms with E-state index in [2.05, 4.69) is 20.5 Å². The van der Waals surface area contributed by atoms with E-state index < -0.39 is 0 Å². The van der Waals surface area contributed by atoms with Gasteiger partial charge < -0.3 is 19.4 Å². The fraction of sp³-hybridized carbons (Fsp3) is 0.308. The summed E-state index contributed by atoms with van der Waals surface area (Å²) in [4.78, 5) is 17.1. The Hall–Kier alpha value is -3.37. The highest BCUT2D eigenvalue weighted by Gasteiger charge is 2.16. The van der Waals surface area contributed by atoms with Crippen LogP contribution in [0.3, 0.4) is 0 Å². The third-order valence-electron chi connectivity index (χ3n) is 5.30. The maximum atomic E-state index is 12.6. The number of hydrogen-bond acceptors (Lipinski definition) is 8. The van der Waals surface area contributed by atoms with Gasteiger partial charge >= 0.3 is 0 Å². The Morgan fingerprint density at radius 2 is 1.81 bits per heavy atom. The molecule has 0 unspecified atom stereocenters. The normalized spacial score (nSPS) is 10.9. The van der Waals surface area contributed by atoms with Gasteiger partial charge in [-0.15, -0.1) is 21.5 Å². The molecular formula is C26H29N5O3S2. The van der Waals surface area contributed by atoms with Crippen LogP contribution in [-0.2, 0) is 17.9 Å². The van der Waals surface area contributed by atoms with Gasteiger partial charge in [-0.3, -0.25) is 4.79 Å². The molecule has 2 aromatic heterocycles. The van der Waals surface area contributed by atoms with E-state index in [4.69, 9.17) is 9.47 Å². The molecule has 8 nitrogen and oxygen atoms in total. The Bertz CT molecular complexity index is 1320. The lowest BCUT2D eigenvalue weighted by molar-refractivity contribution is -0.113. The fourth-order valence-electron chi connectivity index (χ4n) is 3.47. The van der Waals surface area contributed by atoms with Crippen molar-refractivity contribution < 1.29 is 14.3 Å². The number of benzene rings is 2. The number of hydrogen-bond donors (Lipinski definition) is 1. The average molecular weight is 524 g/mol. The molecular weight excluding hydrogens is 494 g/mol. The van der Waals surface area contributed by atoms with Crippen LogP contribution in [0.5, 0.6) is 11.5 Å². The highest BCUT2D eigenvalue weighted by Crippen LogP contribution is 2.29. The number of thioether (sulfide) groups is 1. The summed E-state index contributed by atoms with van der Waals surface area (Å²) in [5.41, 5.74) is 4.17. The number of nitrogens with one attached hydrogen (secondary N) is 1. The van der Waals surface area contributed by atoms with Crippen LogP contribution >= 0.6 is 23.1 Å². The van der Waals surface area contributed by atoms with Gasteiger partial charge in [0.1, 0.15) is 6.61 Å². The largest absolute Gasteiger partial charge is 0.490 e. The van der Waals surface area contributed by atoms with Gasteiger partial charge in [0.15, 0.2) is 27.6 Å². The van der Waals surface area contributed by atoms with Crippen molar-refractivity contribution in [2.24, 2.45) is 0 Å². The molecule has 0 aliphatic rings. The maximum absolute atomic E-state index is 12.6. The average Bonchev–Trinajstić information content (AvgIpc) is 3.49. The van der Waals surface area contributed by atoms with Gasteiger partial charge in [-0.2, -0.15) is 0 Å². The quantitative estimate of drug-likeness (QED) is 0.250. The second-order valence-electron chi connectivity index (χ2n) is 8.06. The summed E-state index contributed by atoms with van der Waals surface area (Å²) in [5.74, 6) is 2.11. The molecule has 36 heavy (non-hydrogen) atoms. The molecule has 0 fully saturated rings. The number of thiazole rings is 1. The third kappa shape index (κ3) is 6.44. The van der Waals surface area contributed by atoms with Crippen LogP contribution in [0.25, 0.3) is 11.3 Å². The Kier molecular flexibility index (Phi) is 8.61. The van der Waals surface area contributed by atoms with Crippen molar-refractivity contribution in [3.8, 4) is 22.8 Å². The SMILES string of the molecule is CCOc1cc(C)ccc1OCc1nnc(SCC(=O)Nc2nc(-c3ccc(C)cc3)cs2)n1CC. The van der Waals surface area contributed by atoms with E-state index in [1.165, 1.54) is 28.7 Å². The second kappa shape index (κ2) is 12.0. The van der Waals surface area contributed by atoms with Crippen LogP contribution in [0, 0.1) is 13.8 Å². The number of ether oxygens (including phenoxy) is 2. The van der Waals surface area contributed by atoms with Crippen molar-refractivity contribution in [2.75, 3.05) is 17.7 Å². The monoisotopic (exact) mass is 523 g/mol. The van der Waals surface area contributed by atoms with E-state index in [9.17, 15) is 4.79 Å². The van der Waals surface area contributed by atoms with Gasteiger partial charge in [-0.25, -0.2) is 4.98 Å². The Labute approximate surface area is 219 Å². The van der Waals surface area contributed by atoms with Gasteiger partial charge in [0.05, 0.1) is 18.1 Å². The molecule has 0 saturated heterocycles. The molecule has 10 heteroatoms. The summed E-state index contributed by atoms with van der Waals surface area (Å²) in [6.45, 7) is 9.48. The van der Waals surface area contributed by atoms with Crippen molar-refractivity contribution in [1.82, 2.24) is 19.7 Å². The molecule has 0 spiro atoms. The molecule has 0 saturated carbocycles. The molecule has 1 N–H and O–H groups in total. The van der Waals surface area contributed by atoms with E-state index in [1.54, 1.807) is 0 Å². The lowest BCUT2D eigenvalue weighted by atomic mass is 10.1. The van der Waals surface area contributed by atoms with Crippen molar-refractivity contribution in [2.45, 2.75) is 46.0 Å². The van der Waals surface area contributed by atoms with Crippen molar-refractivity contribution >= 4 is 34.1 Å². The van der Waals surface area contributed by atoms with Crippen LogP contribution in [0.2, 0.25) is 0 Å². The molecule has 0 aliphatic carbocycles. The van der Waals surface area contributed by atoms with Crippen molar-refractivity contribution in [1.29, 1.82) is 0 Å². The lowest BCUT2D eigenvalue weighted by Gasteiger charge is -2.13. The number of carbonyl (C=O) groups excluding carboxylic acids is 1. The van der Waals surface area contributed by atoms with Gasteiger partial charge in [0, 0.05) is 17.5 Å². The van der Waals surface area contributed by atoms with E-state index >= 15 is 0 Å². The summed E-state index contributed by atoms with van der Waals surface area (Å²) >= 11 is 2.74. The minimum Gasteiger partial charge on any atom is -0.490 e. The number of aromatic nitrogens is 4. The minimum absolute atomic E-state index is 0.144. The Morgan fingerprint density at radius 1 is 1.03 bits per heavy atom. The van der Waals surface area contributed by atoms with E-state index in [1.807, 2.05) is 80.1 Å². The Morgan fingerprint density at radius 3 is 2.56 bits per heavy atom. The van der Waals surface area contributed by atoms with Gasteiger partial charge in [-0.05, 0) is 45.4 Å². The molecule has 188 valence electrons. The van der Waals surface area contributed by atoms with Crippen LogP contribution < -0.4 is 14.8 Å². The number of carbonyl (C=O) groups is 1. The number of aryl methyl sites for hydroxylation is 2. The second-order valence-corrected chi connectivity index (χ2v) is 9.86. The summed E-state index contributed by atoms with van der Waals surface area (Å²) < 4.78 is 13.6. The van der Waals surface area contributed by atoms with Gasteiger partial charge in [0.25, 0.3) is 0 Å². The highest BCUT2D eigenvalue weighted by atomic mass is 32.2. The number of nitrogens with zero attached hydrogens (tertiary/aromatic N) is 4. The summed E-state index contributed by atoms with van der Waals surface area (Å²) in [7, 11) is 0. The zero-order chi connectivity index (χ0) is 25.5. The van der Waals surface area contributed by atoms with Crippen LogP contribution in [0.15, 0.2) is 53.0 Å². The number of rotatable bonds is 11. The first kappa shape index (κ1) is 25.7. The first-order valence-electron chi connectivity index (χ1n) is 11.7. The minimum atomic E-state index is -0.144. The zero-order valence-corrected chi connectivity index (χ0v) is 22.4. The summed E-state index contributed by atoms with van der Waals surface area (Å²) in [5, 5.41) is 14.6. The predicted molar refractivity (Wildman–Crippen MR) is 144 cm³/mol. The molecule has 4 aromatic rings. The number of amides is 1. The molecule has 1 amide bonds. The molecule has 0 radical (unpaired) electrons. The van der Waals surface area contributed by atoms with Crippen LogP contribution in [0.4, 0.5) is 5.13 Å². The van der Waals surface area contributed by atoms with Crippen molar-refractivity contribution in [3.05, 3.63) is 64.8 Å². The van der Waals surface area contributed by atoms with Crippen LogP contribution in [0.1, 0.15) is 30.8 Å². The van der Waals surface area contributed by atoms with Crippen molar-refractivity contribution in [3.63, 3.8) is 0 Å². The summed E-state index contributed by atoms with van der Waals surface area (Å²) in [6, 6.07) is 14.0. The van der Waals surface area contributed by atoms with Crippen LogP contribution in [-0.4, -0.2) is 38.0 Å². The standard InChI is InChI=1S/C26H29N5O3S2/c1-5-31-23(14-34-21-12-9-18(4)13-22(21)33-6-2)29-30-26(31)36-16-24(32)28-25-27-20(15-35-25)19-10-7-17(3)8-11-19/h7-13,15H,5-6,14,16H2,1-4H3,(H,27,28,32). The first-order chi connectivity index (χ1) is 17.5. The maximum Gasteiger partial charge on any atom is 0.236 e. The smallest absolute Gasteiger partial charge is 0.236 e. The van der Waals surface area contributed by atoms with E-state index in [0.717, 1.165) is 16.8 Å². The molecule has 2 aromatic carbocycles. The topological polar surface area (TPSA) is 91.2 Å². The predicted octanol–water partition coefficient (Wildman–Crippen LogP) is 5.75. The highest BCUT2D eigenvalue weighted by molar-refractivity contribution is 7.99. The molecule has 0 atom stereocenters. The third-order valence-corrected chi connectivity index (χ3v) is 7.02. The number of anilines is 1. The molecule has 0 bridgehead atoms. The zero-order valence-electron chi connectivity index (χ0n) is 20.8. The summed E-state index contributed by atoms with van der Waals surface area (Å²) in [6.07, 6.45) is 0. The fourth-order valence-corrected chi connectivity index (χ4v) is 5.03. The van der Waals surface area contributed by atoms with E-state index in [0.29, 0.717) is 40.8 Å². The van der Waals surface area contributed by atoms with Gasteiger partial charge in [0.2, 0.25) is 5.91 Å². The Balaban J connectivity index is 1.34. The molecule has 2 heterocycles. The first-order valence-corrected chi connectivity index (χ1v) is 13.6. The lowest BCUT2D eigenvalue weighted by Crippen LogP contribution is -2.14. The molecule has 0 aliphatic heterocycles. The molecule has 4 rings (SSSR count).